The fourth-order valence-electron chi connectivity index (χ4n) is 1.83. The van der Waals surface area contributed by atoms with Crippen molar-refractivity contribution in [2.24, 2.45) is 0 Å². The Kier molecular flexibility index (Phi) is 2.87. The number of aromatic nitrogens is 3. The maximum absolute atomic E-state index is 5.86. The topological polar surface area (TPSA) is 66.0 Å². The molecule has 2 N–H and O–H groups in total. The lowest BCUT2D eigenvalue weighted by Crippen LogP contribution is -1.97. The van der Waals surface area contributed by atoms with Crippen molar-refractivity contribution in [1.29, 1.82) is 0 Å². The number of hydrogen-bond donors (Lipinski definition) is 1. The van der Waals surface area contributed by atoms with E-state index in [2.05, 4.69) is 26.1 Å². The first-order chi connectivity index (χ1) is 9.17. The van der Waals surface area contributed by atoms with Gasteiger partial charge in [-0.15, -0.1) is 10.2 Å². The molecule has 1 aromatic heterocycles. The highest BCUT2D eigenvalue weighted by Gasteiger charge is 2.08. The molecule has 0 bridgehead atoms. The van der Waals surface area contributed by atoms with Gasteiger partial charge in [-0.1, -0.05) is 15.9 Å². The van der Waals surface area contributed by atoms with Gasteiger partial charge in [-0.25, -0.2) is 0 Å². The van der Waals surface area contributed by atoms with Crippen molar-refractivity contribution in [3.05, 3.63) is 40.9 Å². The summed E-state index contributed by atoms with van der Waals surface area (Å²) in [7, 11) is 1.58. The number of halogens is 1. The van der Waals surface area contributed by atoms with E-state index in [1.165, 1.54) is 0 Å². The molecule has 3 rings (SSSR count). The van der Waals surface area contributed by atoms with Crippen LogP contribution in [0.25, 0.3) is 16.7 Å². The van der Waals surface area contributed by atoms with E-state index in [0.717, 1.165) is 21.2 Å². The Bertz CT molecular complexity index is 736. The van der Waals surface area contributed by atoms with Crippen LogP contribution in [0.15, 0.2) is 40.9 Å². The number of nitrogens with zero attached hydrogens (tertiary/aromatic N) is 3. The van der Waals surface area contributed by atoms with E-state index in [1.807, 2.05) is 24.3 Å². The van der Waals surface area contributed by atoms with Gasteiger partial charge in [0.2, 0.25) is 0 Å². The summed E-state index contributed by atoms with van der Waals surface area (Å²) in [6.07, 6.45) is 0. The highest BCUT2D eigenvalue weighted by molar-refractivity contribution is 9.10. The number of fused-ring (bicyclic) bond motifs is 1. The Hall–Kier alpha value is -2.08. The Morgan fingerprint density at radius 3 is 2.37 bits per heavy atom. The molecule has 96 valence electrons. The predicted molar refractivity (Wildman–Crippen MR) is 77.5 cm³/mol. The van der Waals surface area contributed by atoms with Gasteiger partial charge in [0.15, 0.2) is 0 Å². The first-order valence-electron chi connectivity index (χ1n) is 5.64. The van der Waals surface area contributed by atoms with E-state index in [0.29, 0.717) is 11.4 Å². The maximum atomic E-state index is 5.86. The molecule has 0 amide bonds. The van der Waals surface area contributed by atoms with Crippen LogP contribution >= 0.6 is 15.9 Å². The van der Waals surface area contributed by atoms with Crippen LogP contribution in [-0.4, -0.2) is 22.1 Å². The van der Waals surface area contributed by atoms with Crippen molar-refractivity contribution < 1.29 is 4.74 Å². The molecule has 0 unspecified atom stereocenters. The van der Waals surface area contributed by atoms with Gasteiger partial charge >= 0.3 is 0 Å². The summed E-state index contributed by atoms with van der Waals surface area (Å²) in [5, 5.41) is 8.82. The van der Waals surface area contributed by atoms with Crippen LogP contribution < -0.4 is 10.5 Å². The molecular weight excluding hydrogens is 308 g/mol. The molecule has 1 heterocycles. The van der Waals surface area contributed by atoms with Crippen molar-refractivity contribution in [3.63, 3.8) is 0 Å². The molecule has 0 atom stereocenters. The first kappa shape index (κ1) is 12.0. The summed E-state index contributed by atoms with van der Waals surface area (Å²) in [6, 6.07) is 11.3. The van der Waals surface area contributed by atoms with E-state index in [4.69, 9.17) is 10.5 Å². The van der Waals surface area contributed by atoms with E-state index in [-0.39, 0.29) is 0 Å². The Labute approximate surface area is 118 Å². The molecule has 0 aliphatic rings. The Morgan fingerprint density at radius 1 is 1.11 bits per heavy atom. The molecule has 0 spiro atoms. The highest BCUT2D eigenvalue weighted by atomic mass is 79.9. The van der Waals surface area contributed by atoms with Gasteiger partial charge in [-0.05, 0) is 30.3 Å². The second-order valence-electron chi connectivity index (χ2n) is 4.05. The van der Waals surface area contributed by atoms with Crippen LogP contribution in [0.5, 0.6) is 5.75 Å². The van der Waals surface area contributed by atoms with Crippen LogP contribution in [0.2, 0.25) is 0 Å². The van der Waals surface area contributed by atoms with Gasteiger partial charge in [0.25, 0.3) is 0 Å². The Balaban J connectivity index is 2.13. The number of anilines is 1. The zero-order chi connectivity index (χ0) is 13.4. The fourth-order valence-corrected chi connectivity index (χ4v) is 2.09. The molecule has 0 aliphatic heterocycles. The third-order valence-electron chi connectivity index (χ3n) is 2.79. The van der Waals surface area contributed by atoms with Crippen LogP contribution in [0.3, 0.4) is 0 Å². The molecule has 6 heteroatoms. The summed E-state index contributed by atoms with van der Waals surface area (Å²) >= 11 is 3.40. The monoisotopic (exact) mass is 318 g/mol. The van der Waals surface area contributed by atoms with Crippen LogP contribution in [0.4, 0.5) is 5.69 Å². The van der Waals surface area contributed by atoms with Crippen molar-refractivity contribution in [3.8, 4) is 11.4 Å². The summed E-state index contributed by atoms with van der Waals surface area (Å²) in [5.74, 6) is 0.607. The number of hydrogen-bond acceptors (Lipinski definition) is 4. The van der Waals surface area contributed by atoms with E-state index in [9.17, 15) is 0 Å². The van der Waals surface area contributed by atoms with Crippen molar-refractivity contribution in [1.82, 2.24) is 15.0 Å². The number of methoxy groups -OCH3 is 1. The average Bonchev–Trinajstić information content (AvgIpc) is 2.81. The molecule has 0 saturated carbocycles. The van der Waals surface area contributed by atoms with Crippen molar-refractivity contribution in [2.45, 2.75) is 0 Å². The molecule has 0 radical (unpaired) electrons. The van der Waals surface area contributed by atoms with E-state index < -0.39 is 0 Å². The Morgan fingerprint density at radius 2 is 1.74 bits per heavy atom. The van der Waals surface area contributed by atoms with Crippen LogP contribution in [-0.2, 0) is 0 Å². The molecule has 3 aromatic rings. The van der Waals surface area contributed by atoms with Gasteiger partial charge in [-0.2, -0.15) is 4.80 Å². The van der Waals surface area contributed by atoms with E-state index in [1.54, 1.807) is 24.0 Å². The number of nitrogens with two attached hydrogens (primary N) is 1. The van der Waals surface area contributed by atoms with E-state index >= 15 is 0 Å². The normalized spacial score (nSPS) is 10.8. The summed E-state index contributed by atoms with van der Waals surface area (Å²) in [5.41, 5.74) is 8.78. The maximum Gasteiger partial charge on any atom is 0.144 e. The van der Waals surface area contributed by atoms with Crippen molar-refractivity contribution >= 4 is 32.7 Å². The standard InChI is InChI=1S/C13H11BrN4O/c1-19-13-7-12-11(6-10(13)15)16-18(17-12)9-4-2-8(14)3-5-9/h2-7H,15H2,1H3. The fraction of sp³-hybridized carbons (Fsp3) is 0.0769. The highest BCUT2D eigenvalue weighted by Crippen LogP contribution is 2.26. The molecule has 2 aromatic carbocycles. The third-order valence-corrected chi connectivity index (χ3v) is 3.32. The van der Waals surface area contributed by atoms with Crippen molar-refractivity contribution in [2.75, 3.05) is 12.8 Å². The number of ether oxygens (including phenoxy) is 1. The second-order valence-corrected chi connectivity index (χ2v) is 4.96. The molecule has 0 aliphatic carbocycles. The summed E-state index contributed by atoms with van der Waals surface area (Å²) < 4.78 is 6.19. The third kappa shape index (κ3) is 2.15. The van der Waals surface area contributed by atoms with Gasteiger partial charge in [0.05, 0.1) is 18.5 Å². The minimum absolute atomic E-state index is 0.554. The zero-order valence-electron chi connectivity index (χ0n) is 10.2. The molecule has 0 saturated heterocycles. The molecule has 5 nitrogen and oxygen atoms in total. The lowest BCUT2D eigenvalue weighted by molar-refractivity contribution is 0.417. The molecular formula is C13H11BrN4O. The lowest BCUT2D eigenvalue weighted by Gasteiger charge is -2.01. The smallest absolute Gasteiger partial charge is 0.144 e. The zero-order valence-corrected chi connectivity index (χ0v) is 11.8. The quantitative estimate of drug-likeness (QED) is 0.738. The van der Waals surface area contributed by atoms with Gasteiger partial charge in [-0.3, -0.25) is 0 Å². The average molecular weight is 319 g/mol. The molecule has 0 fully saturated rings. The van der Waals surface area contributed by atoms with Gasteiger partial charge < -0.3 is 10.5 Å². The van der Waals surface area contributed by atoms with Crippen LogP contribution in [0, 0.1) is 0 Å². The molecule has 19 heavy (non-hydrogen) atoms. The minimum Gasteiger partial charge on any atom is -0.495 e. The first-order valence-corrected chi connectivity index (χ1v) is 6.43. The number of nitrogen functional groups attached to an aromatic ring is 1. The minimum atomic E-state index is 0.554. The SMILES string of the molecule is COc1cc2nn(-c3ccc(Br)cc3)nc2cc1N. The predicted octanol–water partition coefficient (Wildman–Crippen LogP) is 2.77. The summed E-state index contributed by atoms with van der Waals surface area (Å²) in [6.45, 7) is 0. The summed E-state index contributed by atoms with van der Waals surface area (Å²) in [4.78, 5) is 1.58. The largest absolute Gasteiger partial charge is 0.495 e. The van der Waals surface area contributed by atoms with Crippen LogP contribution in [0.1, 0.15) is 0 Å². The number of rotatable bonds is 2. The lowest BCUT2D eigenvalue weighted by atomic mass is 10.2. The second kappa shape index (κ2) is 4.55. The number of benzene rings is 2. The van der Waals surface area contributed by atoms with Gasteiger partial charge in [0.1, 0.15) is 16.8 Å². The van der Waals surface area contributed by atoms with Gasteiger partial charge in [0, 0.05) is 10.5 Å².